The minimum atomic E-state index is 0. The number of hydrogen-bond acceptors (Lipinski definition) is 3. The molecule has 0 spiro atoms. The molecule has 0 aromatic heterocycles. The maximum absolute atomic E-state index is 12.9. The van der Waals surface area contributed by atoms with Crippen LogP contribution >= 0.6 is 24.2 Å². The molecular weight excluding hydrogens is 340 g/mol. The van der Waals surface area contributed by atoms with Gasteiger partial charge in [0.25, 0.3) is 0 Å². The fourth-order valence-corrected chi connectivity index (χ4v) is 4.87. The zero-order valence-corrected chi connectivity index (χ0v) is 16.1. The molecule has 2 aliphatic rings. The minimum Gasteiger partial charge on any atom is -0.334 e. The molecule has 2 heterocycles. The lowest BCUT2D eigenvalue weighted by molar-refractivity contribution is -0.134. The third-order valence-corrected chi connectivity index (χ3v) is 6.29. The Balaban J connectivity index is 0.00000208. The molecule has 3 rings (SSSR count). The number of benzene rings is 1. The van der Waals surface area contributed by atoms with E-state index < -0.39 is 0 Å². The first-order chi connectivity index (χ1) is 11.3. The number of amides is 1. The van der Waals surface area contributed by atoms with Crippen molar-refractivity contribution in [2.75, 3.05) is 31.1 Å². The maximum Gasteiger partial charge on any atom is 0.223 e. The zero-order chi connectivity index (χ0) is 16.1. The molecule has 3 atom stereocenters. The van der Waals surface area contributed by atoms with Crippen LogP contribution in [0.1, 0.15) is 37.8 Å². The van der Waals surface area contributed by atoms with Gasteiger partial charge in [0.1, 0.15) is 0 Å². The Bertz CT molecular complexity index is 507. The molecule has 0 radical (unpaired) electrons. The van der Waals surface area contributed by atoms with Gasteiger partial charge in [-0.2, -0.15) is 11.8 Å². The molecule has 134 valence electrons. The van der Waals surface area contributed by atoms with E-state index in [-0.39, 0.29) is 18.4 Å². The normalized spacial score (nSPS) is 25.6. The highest BCUT2D eigenvalue weighted by Crippen LogP contribution is 2.31. The molecule has 1 aromatic rings. The molecular formula is C19H29ClN2OS. The number of hydrogen-bond donors (Lipinski definition) is 1. The SMILES string of the molecule is CC(CC(=O)N1CCSCC1c1ccccc1)C1CCCNC1.Cl. The number of thioether (sulfide) groups is 1. The summed E-state index contributed by atoms with van der Waals surface area (Å²) < 4.78 is 0. The van der Waals surface area contributed by atoms with E-state index in [9.17, 15) is 4.79 Å². The quantitative estimate of drug-likeness (QED) is 0.878. The van der Waals surface area contributed by atoms with Crippen LogP contribution in [0.3, 0.4) is 0 Å². The van der Waals surface area contributed by atoms with Gasteiger partial charge in [-0.05, 0) is 43.3 Å². The van der Waals surface area contributed by atoms with Crippen molar-refractivity contribution in [1.82, 2.24) is 10.2 Å². The van der Waals surface area contributed by atoms with Crippen LogP contribution in [-0.4, -0.2) is 41.9 Å². The summed E-state index contributed by atoms with van der Waals surface area (Å²) in [5.41, 5.74) is 1.28. The molecule has 1 aromatic carbocycles. The Hall–Kier alpha value is -0.710. The zero-order valence-electron chi connectivity index (χ0n) is 14.4. The van der Waals surface area contributed by atoms with Gasteiger partial charge >= 0.3 is 0 Å². The highest BCUT2D eigenvalue weighted by Gasteiger charge is 2.30. The highest BCUT2D eigenvalue weighted by atomic mass is 35.5. The van der Waals surface area contributed by atoms with Gasteiger partial charge in [-0.3, -0.25) is 4.79 Å². The molecule has 24 heavy (non-hydrogen) atoms. The van der Waals surface area contributed by atoms with Crippen molar-refractivity contribution in [3.63, 3.8) is 0 Å². The van der Waals surface area contributed by atoms with Crippen molar-refractivity contribution in [2.45, 2.75) is 32.2 Å². The van der Waals surface area contributed by atoms with Crippen LogP contribution < -0.4 is 5.32 Å². The summed E-state index contributed by atoms with van der Waals surface area (Å²) in [4.78, 5) is 15.1. The fourth-order valence-electron chi connectivity index (χ4n) is 3.78. The van der Waals surface area contributed by atoms with E-state index in [2.05, 4.69) is 41.4 Å². The molecule has 0 bridgehead atoms. The van der Waals surface area contributed by atoms with Gasteiger partial charge in [0.05, 0.1) is 6.04 Å². The molecule has 1 N–H and O–H groups in total. The van der Waals surface area contributed by atoms with Crippen LogP contribution in [0.25, 0.3) is 0 Å². The van der Waals surface area contributed by atoms with E-state index >= 15 is 0 Å². The number of halogens is 1. The molecule has 3 nitrogen and oxygen atoms in total. The predicted octanol–water partition coefficient (Wildman–Crippen LogP) is 3.75. The molecule has 1 amide bonds. The monoisotopic (exact) mass is 368 g/mol. The standard InChI is InChI=1S/C19H28N2OS.ClH/c1-15(17-8-5-9-20-13-17)12-19(22)21-10-11-23-14-18(21)16-6-3-2-4-7-16;/h2-4,6-7,15,17-18,20H,5,8-14H2,1H3;1H. The van der Waals surface area contributed by atoms with Crippen LogP contribution in [0.5, 0.6) is 0 Å². The van der Waals surface area contributed by atoms with Crippen LogP contribution in [0.2, 0.25) is 0 Å². The summed E-state index contributed by atoms with van der Waals surface area (Å²) in [6, 6.07) is 10.8. The van der Waals surface area contributed by atoms with E-state index in [4.69, 9.17) is 0 Å². The second kappa shape index (κ2) is 9.69. The average molecular weight is 369 g/mol. The van der Waals surface area contributed by atoms with Crippen molar-refractivity contribution in [3.8, 4) is 0 Å². The third kappa shape index (κ3) is 4.90. The second-order valence-corrected chi connectivity index (χ2v) is 8.03. The maximum atomic E-state index is 12.9. The van der Waals surface area contributed by atoms with Crippen molar-refractivity contribution >= 4 is 30.1 Å². The largest absolute Gasteiger partial charge is 0.334 e. The fraction of sp³-hybridized carbons (Fsp3) is 0.632. The van der Waals surface area contributed by atoms with Gasteiger partial charge in [-0.1, -0.05) is 37.3 Å². The smallest absolute Gasteiger partial charge is 0.223 e. The Morgan fingerprint density at radius 1 is 1.38 bits per heavy atom. The average Bonchev–Trinajstić information content (AvgIpc) is 2.63. The predicted molar refractivity (Wildman–Crippen MR) is 105 cm³/mol. The van der Waals surface area contributed by atoms with Crippen molar-refractivity contribution < 1.29 is 4.79 Å². The van der Waals surface area contributed by atoms with Crippen LogP contribution in [0, 0.1) is 11.8 Å². The van der Waals surface area contributed by atoms with Gasteiger partial charge in [0.2, 0.25) is 5.91 Å². The van der Waals surface area contributed by atoms with Gasteiger partial charge in [0.15, 0.2) is 0 Å². The lowest BCUT2D eigenvalue weighted by Crippen LogP contribution is -2.42. The van der Waals surface area contributed by atoms with Gasteiger partial charge in [-0.15, -0.1) is 12.4 Å². The van der Waals surface area contributed by atoms with Crippen LogP contribution in [0.4, 0.5) is 0 Å². The minimum absolute atomic E-state index is 0. The molecule has 3 unspecified atom stereocenters. The summed E-state index contributed by atoms with van der Waals surface area (Å²) in [5, 5.41) is 3.47. The lowest BCUT2D eigenvalue weighted by atomic mass is 9.85. The number of carbonyl (C=O) groups is 1. The third-order valence-electron chi connectivity index (χ3n) is 5.27. The Kier molecular flexibility index (Phi) is 7.92. The van der Waals surface area contributed by atoms with Crippen molar-refractivity contribution in [2.24, 2.45) is 11.8 Å². The second-order valence-electron chi connectivity index (χ2n) is 6.88. The number of nitrogens with zero attached hydrogens (tertiary/aromatic N) is 1. The summed E-state index contributed by atoms with van der Waals surface area (Å²) >= 11 is 1.96. The molecule has 0 saturated carbocycles. The number of rotatable bonds is 4. The highest BCUT2D eigenvalue weighted by molar-refractivity contribution is 7.99. The van der Waals surface area contributed by atoms with Crippen molar-refractivity contribution in [3.05, 3.63) is 35.9 Å². The first-order valence-corrected chi connectivity index (χ1v) is 10.0. The lowest BCUT2D eigenvalue weighted by Gasteiger charge is -2.37. The Morgan fingerprint density at radius 3 is 2.88 bits per heavy atom. The number of nitrogens with one attached hydrogen (secondary N) is 1. The Labute approximate surface area is 156 Å². The van der Waals surface area contributed by atoms with E-state index in [0.717, 1.165) is 31.1 Å². The van der Waals surface area contributed by atoms with Gasteiger partial charge in [0, 0.05) is 24.5 Å². The van der Waals surface area contributed by atoms with E-state index in [0.29, 0.717) is 24.2 Å². The first-order valence-electron chi connectivity index (χ1n) is 8.88. The number of carbonyl (C=O) groups excluding carboxylic acids is 1. The molecule has 2 aliphatic heterocycles. The van der Waals surface area contributed by atoms with E-state index in [1.54, 1.807) is 0 Å². The first kappa shape index (κ1) is 19.6. The summed E-state index contributed by atoms with van der Waals surface area (Å²) in [6.45, 7) is 5.35. The van der Waals surface area contributed by atoms with Crippen LogP contribution in [0.15, 0.2) is 30.3 Å². The van der Waals surface area contributed by atoms with E-state index in [1.807, 2.05) is 17.8 Å². The molecule has 2 saturated heterocycles. The molecule has 0 aliphatic carbocycles. The summed E-state index contributed by atoms with van der Waals surface area (Å²) in [5.74, 6) is 3.56. The molecule has 5 heteroatoms. The summed E-state index contributed by atoms with van der Waals surface area (Å²) in [6.07, 6.45) is 3.20. The van der Waals surface area contributed by atoms with Gasteiger partial charge in [-0.25, -0.2) is 0 Å². The molecule has 2 fully saturated rings. The number of piperidine rings is 1. The Morgan fingerprint density at radius 2 is 2.17 bits per heavy atom. The van der Waals surface area contributed by atoms with Gasteiger partial charge < -0.3 is 10.2 Å². The van der Waals surface area contributed by atoms with Crippen LogP contribution in [-0.2, 0) is 4.79 Å². The topological polar surface area (TPSA) is 32.3 Å². The summed E-state index contributed by atoms with van der Waals surface area (Å²) in [7, 11) is 0. The van der Waals surface area contributed by atoms with E-state index in [1.165, 1.54) is 18.4 Å². The van der Waals surface area contributed by atoms with Crippen molar-refractivity contribution in [1.29, 1.82) is 0 Å².